The second-order valence-electron chi connectivity index (χ2n) is 3.33. The monoisotopic (exact) mass is 226 g/mol. The van der Waals surface area contributed by atoms with Crippen molar-refractivity contribution in [3.8, 4) is 5.75 Å². The summed E-state index contributed by atoms with van der Waals surface area (Å²) in [5.74, 6) is -1.71. The molecule has 0 saturated carbocycles. The maximum atomic E-state index is 10.7. The fraction of sp³-hybridized carbons (Fsp3) is 0.222. The first-order chi connectivity index (χ1) is 7.36. The lowest BCUT2D eigenvalue weighted by Crippen LogP contribution is -2.56. The Hall–Kier alpha value is -2.15. The van der Waals surface area contributed by atoms with E-state index in [2.05, 4.69) is 0 Å². The molecule has 0 aliphatic carbocycles. The Kier molecular flexibility index (Phi) is 3.09. The second kappa shape index (κ2) is 4.15. The van der Waals surface area contributed by atoms with Gasteiger partial charge in [0.05, 0.1) is 11.3 Å². The first-order valence-corrected chi connectivity index (χ1v) is 4.31. The average Bonchev–Trinajstić information content (AvgIpc) is 2.20. The van der Waals surface area contributed by atoms with Crippen molar-refractivity contribution in [2.24, 2.45) is 5.73 Å². The standard InChI is InChI=1S/C9H10N2O5/c10-9(8(13)14,11(15)16)5-6-1-3-7(12)4-2-6/h1-4,12H,5,10H2,(H,13,14). The van der Waals surface area contributed by atoms with E-state index < -0.39 is 23.0 Å². The van der Waals surface area contributed by atoms with Crippen LogP contribution in [-0.4, -0.2) is 26.8 Å². The molecular formula is C9H10N2O5. The lowest BCUT2D eigenvalue weighted by atomic mass is 10.0. The van der Waals surface area contributed by atoms with Crippen LogP contribution in [0.3, 0.4) is 0 Å². The summed E-state index contributed by atoms with van der Waals surface area (Å²) in [5, 5.41) is 28.3. The average molecular weight is 226 g/mol. The van der Waals surface area contributed by atoms with Crippen LogP contribution in [0, 0.1) is 10.1 Å². The van der Waals surface area contributed by atoms with Crippen molar-refractivity contribution >= 4 is 5.97 Å². The van der Waals surface area contributed by atoms with Crippen molar-refractivity contribution < 1.29 is 19.9 Å². The Morgan fingerprint density at radius 3 is 2.31 bits per heavy atom. The molecule has 0 aliphatic rings. The van der Waals surface area contributed by atoms with Crippen LogP contribution in [0.5, 0.6) is 5.75 Å². The lowest BCUT2D eigenvalue weighted by molar-refractivity contribution is -0.553. The summed E-state index contributed by atoms with van der Waals surface area (Å²) < 4.78 is 0. The molecule has 0 bridgehead atoms. The van der Waals surface area contributed by atoms with E-state index in [0.717, 1.165) is 0 Å². The molecule has 0 amide bonds. The zero-order valence-electron chi connectivity index (χ0n) is 8.16. The molecule has 0 spiro atoms. The van der Waals surface area contributed by atoms with Crippen molar-refractivity contribution in [2.45, 2.75) is 12.1 Å². The summed E-state index contributed by atoms with van der Waals surface area (Å²) >= 11 is 0. The van der Waals surface area contributed by atoms with E-state index in [1.807, 2.05) is 0 Å². The third-order valence-corrected chi connectivity index (χ3v) is 2.11. The minimum absolute atomic E-state index is 0.0113. The number of nitro groups is 1. The smallest absolute Gasteiger partial charge is 0.399 e. The van der Waals surface area contributed by atoms with Crippen LogP contribution in [-0.2, 0) is 11.2 Å². The molecule has 1 unspecified atom stereocenters. The highest BCUT2D eigenvalue weighted by Crippen LogP contribution is 2.15. The van der Waals surface area contributed by atoms with E-state index in [1.54, 1.807) is 0 Å². The molecule has 0 heterocycles. The maximum absolute atomic E-state index is 10.7. The number of carbonyl (C=O) groups is 1. The number of aromatic hydroxyl groups is 1. The van der Waals surface area contributed by atoms with Crippen LogP contribution in [0.4, 0.5) is 0 Å². The fourth-order valence-electron chi connectivity index (χ4n) is 1.14. The van der Waals surface area contributed by atoms with E-state index in [9.17, 15) is 14.9 Å². The highest BCUT2D eigenvalue weighted by Gasteiger charge is 2.47. The topological polar surface area (TPSA) is 127 Å². The van der Waals surface area contributed by atoms with Gasteiger partial charge < -0.3 is 10.2 Å². The predicted molar refractivity (Wildman–Crippen MR) is 53.4 cm³/mol. The normalized spacial score (nSPS) is 14.1. The number of phenols is 1. The summed E-state index contributed by atoms with van der Waals surface area (Å²) in [6.07, 6.45) is -0.449. The van der Waals surface area contributed by atoms with E-state index >= 15 is 0 Å². The predicted octanol–water partition coefficient (Wildman–Crippen LogP) is -0.0490. The summed E-state index contributed by atoms with van der Waals surface area (Å²) in [6, 6.07) is 5.36. The highest BCUT2D eigenvalue weighted by molar-refractivity contribution is 5.76. The van der Waals surface area contributed by atoms with Gasteiger partial charge in [-0.3, -0.25) is 15.8 Å². The maximum Gasteiger partial charge on any atom is 0.399 e. The zero-order chi connectivity index (χ0) is 12.3. The molecule has 16 heavy (non-hydrogen) atoms. The molecule has 1 aromatic rings. The van der Waals surface area contributed by atoms with Crippen molar-refractivity contribution in [2.75, 3.05) is 0 Å². The van der Waals surface area contributed by atoms with Crippen LogP contribution in [0.1, 0.15) is 5.56 Å². The molecule has 1 atom stereocenters. The second-order valence-corrected chi connectivity index (χ2v) is 3.33. The highest BCUT2D eigenvalue weighted by atomic mass is 16.6. The van der Waals surface area contributed by atoms with Crippen LogP contribution in [0.25, 0.3) is 0 Å². The van der Waals surface area contributed by atoms with Gasteiger partial charge in [0, 0.05) is 0 Å². The van der Waals surface area contributed by atoms with E-state index in [4.69, 9.17) is 15.9 Å². The van der Waals surface area contributed by atoms with Gasteiger partial charge in [0.15, 0.2) is 0 Å². The first-order valence-electron chi connectivity index (χ1n) is 4.31. The number of hydrogen-bond donors (Lipinski definition) is 3. The van der Waals surface area contributed by atoms with Gasteiger partial charge in [-0.05, 0) is 17.7 Å². The number of carboxylic acid groups (broad SMARTS) is 1. The molecule has 4 N–H and O–H groups in total. The molecular weight excluding hydrogens is 216 g/mol. The van der Waals surface area contributed by atoms with Crippen molar-refractivity contribution in [3.63, 3.8) is 0 Å². The quantitative estimate of drug-likeness (QED) is 0.375. The molecule has 0 saturated heterocycles. The summed E-state index contributed by atoms with van der Waals surface area (Å²) in [5.41, 5.74) is 3.01. The van der Waals surface area contributed by atoms with Crippen LogP contribution in [0.2, 0.25) is 0 Å². The number of benzene rings is 1. The fourth-order valence-corrected chi connectivity index (χ4v) is 1.14. The number of nitrogens with two attached hydrogens (primary N) is 1. The third-order valence-electron chi connectivity index (χ3n) is 2.11. The Morgan fingerprint density at radius 2 is 1.94 bits per heavy atom. The molecule has 7 nitrogen and oxygen atoms in total. The Balaban J connectivity index is 2.97. The van der Waals surface area contributed by atoms with Crippen molar-refractivity contribution in [3.05, 3.63) is 39.9 Å². The number of hydrogen-bond acceptors (Lipinski definition) is 5. The van der Waals surface area contributed by atoms with Crippen LogP contribution in [0.15, 0.2) is 24.3 Å². The molecule has 1 aromatic carbocycles. The van der Waals surface area contributed by atoms with E-state index in [1.165, 1.54) is 24.3 Å². The molecule has 0 aliphatic heterocycles. The van der Waals surface area contributed by atoms with E-state index in [0.29, 0.717) is 5.56 Å². The van der Waals surface area contributed by atoms with Gasteiger partial charge >= 0.3 is 11.6 Å². The van der Waals surface area contributed by atoms with Crippen LogP contribution < -0.4 is 5.73 Å². The molecule has 86 valence electrons. The third kappa shape index (κ3) is 2.26. The number of rotatable bonds is 4. The van der Waals surface area contributed by atoms with E-state index in [-0.39, 0.29) is 5.75 Å². The molecule has 0 aromatic heterocycles. The first kappa shape index (κ1) is 11.9. The van der Waals surface area contributed by atoms with Crippen molar-refractivity contribution in [1.29, 1.82) is 0 Å². The number of aliphatic carboxylic acids is 1. The van der Waals surface area contributed by atoms with Gasteiger partial charge in [-0.2, -0.15) is 0 Å². The SMILES string of the molecule is NC(Cc1ccc(O)cc1)(C(=O)O)[N+](=O)[O-]. The van der Waals surface area contributed by atoms with Gasteiger partial charge in [-0.25, -0.2) is 4.79 Å². The number of phenolic OH excluding ortho intramolecular Hbond substituents is 1. The van der Waals surface area contributed by atoms with Crippen molar-refractivity contribution in [1.82, 2.24) is 0 Å². The molecule has 0 radical (unpaired) electrons. The summed E-state index contributed by atoms with van der Waals surface area (Å²) in [6.45, 7) is 0. The Bertz CT molecular complexity index is 400. The van der Waals surface area contributed by atoms with Gasteiger partial charge in [0.1, 0.15) is 5.75 Å². The van der Waals surface area contributed by atoms with Gasteiger partial charge in [0.2, 0.25) is 0 Å². The molecule has 7 heteroatoms. The lowest BCUT2D eigenvalue weighted by Gasteiger charge is -2.15. The molecule has 0 fully saturated rings. The molecule has 1 rings (SSSR count). The Labute approximate surface area is 90.3 Å². The number of nitrogens with zero attached hydrogens (tertiary/aromatic N) is 1. The zero-order valence-corrected chi connectivity index (χ0v) is 8.16. The minimum atomic E-state index is -2.54. The summed E-state index contributed by atoms with van der Waals surface area (Å²) in [4.78, 5) is 20.3. The van der Waals surface area contributed by atoms with Gasteiger partial charge in [-0.15, -0.1) is 0 Å². The Morgan fingerprint density at radius 1 is 1.44 bits per heavy atom. The number of carboxylic acids is 1. The summed E-state index contributed by atoms with van der Waals surface area (Å²) in [7, 11) is 0. The largest absolute Gasteiger partial charge is 0.508 e. The van der Waals surface area contributed by atoms with Gasteiger partial charge in [0.25, 0.3) is 0 Å². The van der Waals surface area contributed by atoms with Crippen LogP contribution >= 0.6 is 0 Å². The van der Waals surface area contributed by atoms with Gasteiger partial charge in [-0.1, -0.05) is 12.1 Å². The minimum Gasteiger partial charge on any atom is -0.508 e.